The van der Waals surface area contributed by atoms with Crippen LogP contribution in [0.15, 0.2) is 52.9 Å². The second-order valence-electron chi connectivity index (χ2n) is 7.39. The average Bonchev–Trinajstić information content (AvgIpc) is 3.28. The van der Waals surface area contributed by atoms with Crippen molar-refractivity contribution in [2.45, 2.75) is 25.4 Å². The van der Waals surface area contributed by atoms with Gasteiger partial charge in [0.1, 0.15) is 11.9 Å². The molecule has 31 heavy (non-hydrogen) atoms. The maximum atomic E-state index is 13.0. The van der Waals surface area contributed by atoms with Crippen LogP contribution in [0.5, 0.6) is 5.75 Å². The summed E-state index contributed by atoms with van der Waals surface area (Å²) in [6, 6.07) is 14.7. The molecule has 0 bridgehead atoms. The van der Waals surface area contributed by atoms with Gasteiger partial charge in [0.15, 0.2) is 0 Å². The van der Waals surface area contributed by atoms with Gasteiger partial charge in [0, 0.05) is 55.6 Å². The third kappa shape index (κ3) is 5.42. The van der Waals surface area contributed by atoms with Crippen LogP contribution < -0.4 is 4.74 Å². The molecule has 162 valence electrons. The summed E-state index contributed by atoms with van der Waals surface area (Å²) in [4.78, 5) is 14.9. The van der Waals surface area contributed by atoms with Crippen molar-refractivity contribution in [3.8, 4) is 17.2 Å². The van der Waals surface area contributed by atoms with E-state index in [2.05, 4.69) is 10.2 Å². The van der Waals surface area contributed by atoms with Gasteiger partial charge in [-0.2, -0.15) is 0 Å². The van der Waals surface area contributed by atoms with E-state index in [4.69, 9.17) is 25.5 Å². The normalized spacial score (nSPS) is 14.6. The topological polar surface area (TPSA) is 77.7 Å². The highest BCUT2D eigenvalue weighted by Crippen LogP contribution is 2.24. The Morgan fingerprint density at radius 1 is 1.16 bits per heavy atom. The summed E-state index contributed by atoms with van der Waals surface area (Å²) in [5.41, 5.74) is 1.33. The summed E-state index contributed by atoms with van der Waals surface area (Å²) in [5.74, 6) is 1.70. The van der Waals surface area contributed by atoms with Gasteiger partial charge in [0.25, 0.3) is 5.91 Å². The molecule has 3 aromatic rings. The highest BCUT2D eigenvalue weighted by Gasteiger charge is 2.25. The second-order valence-corrected chi connectivity index (χ2v) is 7.82. The van der Waals surface area contributed by atoms with E-state index in [0.29, 0.717) is 48.5 Å². The number of likely N-dealkylation sites (tertiary alicyclic amines) is 1. The standard InChI is InChI=1S/C23H24ClN3O4/c1-29-14-11-21-25-26-22(31-21)16-3-2-4-17(15-16)23(28)27-12-9-20(10-13-27)30-19-7-5-18(24)6-8-19/h2-8,15,20H,9-14H2,1H3. The van der Waals surface area contributed by atoms with E-state index < -0.39 is 0 Å². The van der Waals surface area contributed by atoms with Crippen LogP contribution in [-0.2, 0) is 11.2 Å². The number of piperidine rings is 1. The molecule has 7 nitrogen and oxygen atoms in total. The van der Waals surface area contributed by atoms with Crippen molar-refractivity contribution in [2.24, 2.45) is 0 Å². The molecule has 2 aromatic carbocycles. The molecule has 1 aliphatic rings. The van der Waals surface area contributed by atoms with Crippen LogP contribution in [0.2, 0.25) is 5.02 Å². The number of hydrogen-bond donors (Lipinski definition) is 0. The quantitative estimate of drug-likeness (QED) is 0.545. The van der Waals surface area contributed by atoms with Crippen LogP contribution in [0, 0.1) is 0 Å². The number of aromatic nitrogens is 2. The van der Waals surface area contributed by atoms with Crippen LogP contribution in [0.3, 0.4) is 0 Å². The van der Waals surface area contributed by atoms with E-state index in [1.807, 2.05) is 47.4 Å². The van der Waals surface area contributed by atoms with Gasteiger partial charge in [0.05, 0.1) is 6.61 Å². The number of amides is 1. The van der Waals surface area contributed by atoms with Gasteiger partial charge in [-0.25, -0.2) is 0 Å². The van der Waals surface area contributed by atoms with E-state index in [1.165, 1.54) is 0 Å². The molecule has 0 N–H and O–H groups in total. The Labute approximate surface area is 185 Å². The molecule has 1 saturated heterocycles. The Morgan fingerprint density at radius 2 is 1.94 bits per heavy atom. The number of hydrogen-bond acceptors (Lipinski definition) is 6. The second kappa shape index (κ2) is 9.94. The molecule has 0 unspecified atom stereocenters. The summed E-state index contributed by atoms with van der Waals surface area (Å²) < 4.78 is 16.7. The maximum absolute atomic E-state index is 13.0. The minimum atomic E-state index is -0.00841. The Kier molecular flexibility index (Phi) is 6.84. The Balaban J connectivity index is 1.36. The molecule has 1 fully saturated rings. The smallest absolute Gasteiger partial charge is 0.253 e. The number of methoxy groups -OCH3 is 1. The molecule has 0 saturated carbocycles. The number of nitrogens with zero attached hydrogens (tertiary/aromatic N) is 3. The molecule has 1 aliphatic heterocycles. The Morgan fingerprint density at radius 3 is 2.68 bits per heavy atom. The molecule has 1 amide bonds. The maximum Gasteiger partial charge on any atom is 0.253 e. The fourth-order valence-corrected chi connectivity index (χ4v) is 3.64. The van der Waals surface area contributed by atoms with E-state index in [9.17, 15) is 4.79 Å². The van der Waals surface area contributed by atoms with Crippen molar-refractivity contribution in [2.75, 3.05) is 26.8 Å². The van der Waals surface area contributed by atoms with Crippen LogP contribution >= 0.6 is 11.6 Å². The first-order chi connectivity index (χ1) is 15.1. The Hall–Kier alpha value is -2.90. The average molecular weight is 442 g/mol. The van der Waals surface area contributed by atoms with Crippen molar-refractivity contribution >= 4 is 17.5 Å². The Bertz CT molecular complexity index is 1010. The molecule has 0 aliphatic carbocycles. The number of carbonyl (C=O) groups excluding carboxylic acids is 1. The fourth-order valence-electron chi connectivity index (χ4n) is 3.51. The molecular formula is C23H24ClN3O4. The lowest BCUT2D eigenvalue weighted by atomic mass is 10.0. The van der Waals surface area contributed by atoms with Gasteiger partial charge in [-0.05, 0) is 42.5 Å². The largest absolute Gasteiger partial charge is 0.490 e. The van der Waals surface area contributed by atoms with E-state index in [0.717, 1.165) is 24.2 Å². The van der Waals surface area contributed by atoms with Gasteiger partial charge in [-0.3, -0.25) is 4.79 Å². The van der Waals surface area contributed by atoms with Crippen molar-refractivity contribution in [3.63, 3.8) is 0 Å². The summed E-state index contributed by atoms with van der Waals surface area (Å²) in [7, 11) is 1.62. The van der Waals surface area contributed by atoms with Crippen molar-refractivity contribution in [1.82, 2.24) is 15.1 Å². The lowest BCUT2D eigenvalue weighted by molar-refractivity contribution is 0.0595. The lowest BCUT2D eigenvalue weighted by Gasteiger charge is -2.32. The van der Waals surface area contributed by atoms with Gasteiger partial charge in [-0.1, -0.05) is 17.7 Å². The van der Waals surface area contributed by atoms with Gasteiger partial charge < -0.3 is 18.8 Å². The zero-order valence-electron chi connectivity index (χ0n) is 17.3. The summed E-state index contributed by atoms with van der Waals surface area (Å²) >= 11 is 5.92. The third-order valence-electron chi connectivity index (χ3n) is 5.19. The lowest BCUT2D eigenvalue weighted by Crippen LogP contribution is -2.41. The number of benzene rings is 2. The van der Waals surface area contributed by atoms with E-state index >= 15 is 0 Å². The molecular weight excluding hydrogens is 418 g/mol. The highest BCUT2D eigenvalue weighted by molar-refractivity contribution is 6.30. The SMILES string of the molecule is COCCc1nnc(-c2cccc(C(=O)N3CCC(Oc4ccc(Cl)cc4)CC3)c2)o1. The number of carbonyl (C=O) groups is 1. The predicted molar refractivity (Wildman–Crippen MR) is 116 cm³/mol. The molecule has 0 spiro atoms. The van der Waals surface area contributed by atoms with Gasteiger partial charge in [0.2, 0.25) is 11.8 Å². The number of halogens is 1. The van der Waals surface area contributed by atoms with Crippen molar-refractivity contribution in [1.29, 1.82) is 0 Å². The van der Waals surface area contributed by atoms with Crippen molar-refractivity contribution in [3.05, 3.63) is 65.0 Å². The monoisotopic (exact) mass is 441 g/mol. The van der Waals surface area contributed by atoms with Crippen LogP contribution in [0.4, 0.5) is 0 Å². The minimum absolute atomic E-state index is 0.00841. The van der Waals surface area contributed by atoms with Crippen LogP contribution in [0.25, 0.3) is 11.5 Å². The summed E-state index contributed by atoms with van der Waals surface area (Å²) in [6.07, 6.45) is 2.19. The summed E-state index contributed by atoms with van der Waals surface area (Å²) in [5, 5.41) is 8.80. The first-order valence-electron chi connectivity index (χ1n) is 10.3. The van der Waals surface area contributed by atoms with Crippen molar-refractivity contribution < 1.29 is 18.7 Å². The minimum Gasteiger partial charge on any atom is -0.490 e. The molecule has 1 aromatic heterocycles. The molecule has 0 atom stereocenters. The summed E-state index contributed by atoms with van der Waals surface area (Å²) in [6.45, 7) is 1.80. The predicted octanol–water partition coefficient (Wildman–Crippen LogP) is 4.26. The molecule has 2 heterocycles. The zero-order chi connectivity index (χ0) is 21.6. The number of rotatable bonds is 7. The van der Waals surface area contributed by atoms with Crippen LogP contribution in [-0.4, -0.2) is 53.9 Å². The van der Waals surface area contributed by atoms with Gasteiger partial charge >= 0.3 is 0 Å². The third-order valence-corrected chi connectivity index (χ3v) is 5.44. The first kappa shape index (κ1) is 21.3. The number of ether oxygens (including phenoxy) is 2. The van der Waals surface area contributed by atoms with E-state index in [1.54, 1.807) is 13.2 Å². The fraction of sp³-hybridized carbons (Fsp3) is 0.348. The van der Waals surface area contributed by atoms with Crippen LogP contribution in [0.1, 0.15) is 29.1 Å². The highest BCUT2D eigenvalue weighted by atomic mass is 35.5. The zero-order valence-corrected chi connectivity index (χ0v) is 18.0. The van der Waals surface area contributed by atoms with E-state index in [-0.39, 0.29) is 12.0 Å². The molecule has 0 radical (unpaired) electrons. The molecule has 8 heteroatoms. The first-order valence-corrected chi connectivity index (χ1v) is 10.6. The van der Waals surface area contributed by atoms with Gasteiger partial charge in [-0.15, -0.1) is 10.2 Å². The molecule has 4 rings (SSSR count).